The maximum atomic E-state index is 12.2. The van der Waals surface area contributed by atoms with Crippen LogP contribution in [0.5, 0.6) is 0 Å². The summed E-state index contributed by atoms with van der Waals surface area (Å²) >= 11 is 0. The van der Waals surface area contributed by atoms with Crippen LogP contribution in [-0.2, 0) is 7.05 Å². The molecule has 2 aromatic rings. The number of hydrogen-bond donors (Lipinski definition) is 3. The van der Waals surface area contributed by atoms with Gasteiger partial charge in [0.05, 0.1) is 11.2 Å². The average molecular weight is 313 g/mol. The number of rotatable bonds is 2. The van der Waals surface area contributed by atoms with Crippen LogP contribution in [0.2, 0.25) is 0 Å². The van der Waals surface area contributed by atoms with Gasteiger partial charge in [-0.25, -0.2) is 4.79 Å². The smallest absolute Gasteiger partial charge is 0.319 e. The number of benzene rings is 1. The maximum Gasteiger partial charge on any atom is 0.319 e. The zero-order chi connectivity index (χ0) is 16.2. The molecule has 1 aromatic carbocycles. The molecule has 23 heavy (non-hydrogen) atoms. The Morgan fingerprint density at radius 3 is 2.78 bits per heavy atom. The van der Waals surface area contributed by atoms with Crippen molar-refractivity contribution in [2.45, 2.75) is 44.7 Å². The van der Waals surface area contributed by atoms with Crippen LogP contribution in [-0.4, -0.2) is 27.9 Å². The van der Waals surface area contributed by atoms with Gasteiger partial charge < -0.3 is 16.4 Å². The van der Waals surface area contributed by atoms with E-state index in [1.807, 2.05) is 36.9 Å². The highest BCUT2D eigenvalue weighted by molar-refractivity contribution is 5.93. The van der Waals surface area contributed by atoms with E-state index in [0.717, 1.165) is 48.0 Å². The number of nitrogens with zero attached hydrogens (tertiary/aromatic N) is 2. The van der Waals surface area contributed by atoms with Crippen molar-refractivity contribution in [1.29, 1.82) is 0 Å². The summed E-state index contributed by atoms with van der Waals surface area (Å²) in [5.74, 6) is 0. The Hall–Kier alpha value is -2.08. The summed E-state index contributed by atoms with van der Waals surface area (Å²) in [4.78, 5) is 12.2. The molecule has 2 fully saturated rings. The number of carbonyl (C=O) groups is 1. The number of nitrogens with two attached hydrogens (primary N) is 1. The van der Waals surface area contributed by atoms with Crippen LogP contribution in [0.3, 0.4) is 0 Å². The molecule has 4 rings (SSSR count). The summed E-state index contributed by atoms with van der Waals surface area (Å²) in [5, 5.41) is 11.5. The van der Waals surface area contributed by atoms with Crippen molar-refractivity contribution < 1.29 is 4.79 Å². The van der Waals surface area contributed by atoms with E-state index in [4.69, 9.17) is 5.73 Å². The molecule has 0 radical (unpaired) electrons. The largest absolute Gasteiger partial charge is 0.335 e. The van der Waals surface area contributed by atoms with E-state index in [2.05, 4.69) is 15.7 Å². The molecule has 6 heteroatoms. The van der Waals surface area contributed by atoms with Gasteiger partial charge >= 0.3 is 6.03 Å². The van der Waals surface area contributed by atoms with Crippen molar-refractivity contribution in [3.63, 3.8) is 0 Å². The Kier molecular flexibility index (Phi) is 3.13. The first-order chi connectivity index (χ1) is 10.9. The number of hydrogen-bond acceptors (Lipinski definition) is 3. The molecule has 0 bridgehead atoms. The highest BCUT2D eigenvalue weighted by atomic mass is 16.2. The van der Waals surface area contributed by atoms with Crippen LogP contribution in [0.4, 0.5) is 10.5 Å². The van der Waals surface area contributed by atoms with E-state index >= 15 is 0 Å². The molecular weight excluding hydrogens is 290 g/mol. The Morgan fingerprint density at radius 2 is 2.09 bits per heavy atom. The predicted molar refractivity (Wildman–Crippen MR) is 90.3 cm³/mol. The Balaban J connectivity index is 1.37. The zero-order valence-electron chi connectivity index (χ0n) is 13.6. The van der Waals surface area contributed by atoms with Crippen molar-refractivity contribution in [3.8, 4) is 0 Å². The van der Waals surface area contributed by atoms with Gasteiger partial charge in [0.2, 0.25) is 0 Å². The fourth-order valence-electron chi connectivity index (χ4n) is 4.34. The first kappa shape index (κ1) is 14.5. The van der Waals surface area contributed by atoms with Crippen LogP contribution in [0.1, 0.15) is 31.4 Å². The second kappa shape index (κ2) is 4.96. The Bertz CT molecular complexity index is 767. The average Bonchev–Trinajstić information content (AvgIpc) is 2.70. The number of aryl methyl sites for hydroxylation is 2. The number of amides is 2. The molecule has 0 aliphatic heterocycles. The van der Waals surface area contributed by atoms with Gasteiger partial charge in [-0.05, 0) is 56.2 Å². The molecule has 1 aromatic heterocycles. The van der Waals surface area contributed by atoms with Gasteiger partial charge in [0.25, 0.3) is 0 Å². The van der Waals surface area contributed by atoms with Gasteiger partial charge in [-0.2, -0.15) is 5.10 Å². The topological polar surface area (TPSA) is 85.0 Å². The van der Waals surface area contributed by atoms with Gasteiger partial charge in [0.1, 0.15) is 0 Å². The van der Waals surface area contributed by atoms with Crippen LogP contribution in [0.15, 0.2) is 18.2 Å². The van der Waals surface area contributed by atoms with Crippen molar-refractivity contribution in [2.75, 3.05) is 5.32 Å². The van der Waals surface area contributed by atoms with Gasteiger partial charge in [-0.1, -0.05) is 0 Å². The summed E-state index contributed by atoms with van der Waals surface area (Å²) in [7, 11) is 1.91. The number of fused-ring (bicyclic) bond motifs is 1. The summed E-state index contributed by atoms with van der Waals surface area (Å²) in [6.07, 6.45) is 4.36. The zero-order valence-corrected chi connectivity index (χ0v) is 13.6. The van der Waals surface area contributed by atoms with Gasteiger partial charge in [-0.15, -0.1) is 0 Å². The standard InChI is InChI=1S/C17H23N5O/c1-10-14-4-3-12(5-15(14)22(2)21-10)19-16(23)20-13-8-17(9-13)6-11(18)7-17/h3-5,11,13H,6-9,18H2,1-2H3,(H2,19,20,23). The first-order valence-electron chi connectivity index (χ1n) is 8.21. The van der Waals surface area contributed by atoms with E-state index < -0.39 is 0 Å². The van der Waals surface area contributed by atoms with Crippen molar-refractivity contribution in [2.24, 2.45) is 18.2 Å². The van der Waals surface area contributed by atoms with E-state index in [1.165, 1.54) is 0 Å². The number of urea groups is 1. The Labute approximate surface area is 135 Å². The lowest BCUT2D eigenvalue weighted by molar-refractivity contribution is -0.0134. The molecule has 0 unspecified atom stereocenters. The lowest BCUT2D eigenvalue weighted by Gasteiger charge is -2.56. The van der Waals surface area contributed by atoms with Gasteiger partial charge in [0, 0.05) is 30.2 Å². The third-order valence-corrected chi connectivity index (χ3v) is 5.38. The molecule has 1 heterocycles. The number of nitrogens with one attached hydrogen (secondary N) is 2. The molecule has 6 nitrogen and oxygen atoms in total. The van der Waals surface area contributed by atoms with Crippen LogP contribution in [0.25, 0.3) is 10.9 Å². The van der Waals surface area contributed by atoms with Gasteiger partial charge in [-0.3, -0.25) is 4.68 Å². The molecule has 0 saturated heterocycles. The quantitative estimate of drug-likeness (QED) is 0.795. The minimum Gasteiger partial charge on any atom is -0.335 e. The number of anilines is 1. The molecule has 1 spiro atoms. The molecule has 2 saturated carbocycles. The van der Waals surface area contributed by atoms with Crippen LogP contribution in [0, 0.1) is 12.3 Å². The third-order valence-electron chi connectivity index (χ3n) is 5.38. The first-order valence-corrected chi connectivity index (χ1v) is 8.21. The predicted octanol–water partition coefficient (Wildman–Crippen LogP) is 2.27. The fourth-order valence-corrected chi connectivity index (χ4v) is 4.34. The summed E-state index contributed by atoms with van der Waals surface area (Å²) < 4.78 is 1.84. The fraction of sp³-hybridized carbons (Fsp3) is 0.529. The van der Waals surface area contributed by atoms with Crippen LogP contribution >= 0.6 is 0 Å². The summed E-state index contributed by atoms with van der Waals surface area (Å²) in [5.41, 5.74) is 9.10. The normalized spacial score (nSPS) is 29.2. The third kappa shape index (κ3) is 2.47. The number of carbonyl (C=O) groups excluding carboxylic acids is 1. The lowest BCUT2D eigenvalue weighted by Crippen LogP contribution is -2.60. The molecule has 2 aliphatic rings. The molecule has 2 amide bonds. The van der Waals surface area contributed by atoms with Gasteiger partial charge in [0.15, 0.2) is 0 Å². The number of aromatic nitrogens is 2. The minimum atomic E-state index is -0.133. The minimum absolute atomic E-state index is 0.133. The molecular formula is C17H23N5O. The highest BCUT2D eigenvalue weighted by Crippen LogP contribution is 2.55. The Morgan fingerprint density at radius 1 is 1.35 bits per heavy atom. The lowest BCUT2D eigenvalue weighted by atomic mass is 9.52. The van der Waals surface area contributed by atoms with E-state index in [0.29, 0.717) is 11.5 Å². The molecule has 0 atom stereocenters. The summed E-state index contributed by atoms with van der Waals surface area (Å²) in [6, 6.07) is 6.41. The second-order valence-electron chi connectivity index (χ2n) is 7.31. The molecule has 2 aliphatic carbocycles. The monoisotopic (exact) mass is 313 g/mol. The highest BCUT2D eigenvalue weighted by Gasteiger charge is 2.52. The second-order valence-corrected chi connectivity index (χ2v) is 7.31. The SMILES string of the molecule is Cc1nn(C)c2cc(NC(=O)NC3CC4(CC(N)C4)C3)ccc12. The molecule has 122 valence electrons. The maximum absolute atomic E-state index is 12.2. The van der Waals surface area contributed by atoms with E-state index in [1.54, 1.807) is 0 Å². The van der Waals surface area contributed by atoms with E-state index in [-0.39, 0.29) is 12.1 Å². The van der Waals surface area contributed by atoms with Crippen molar-refractivity contribution in [3.05, 3.63) is 23.9 Å². The van der Waals surface area contributed by atoms with Crippen molar-refractivity contribution in [1.82, 2.24) is 15.1 Å². The molecule has 4 N–H and O–H groups in total. The van der Waals surface area contributed by atoms with E-state index in [9.17, 15) is 4.79 Å². The van der Waals surface area contributed by atoms with Crippen molar-refractivity contribution >= 4 is 22.6 Å². The van der Waals surface area contributed by atoms with Crippen LogP contribution < -0.4 is 16.4 Å². The summed E-state index contributed by atoms with van der Waals surface area (Å²) in [6.45, 7) is 1.99.